The molecule has 34 heavy (non-hydrogen) atoms. The summed E-state index contributed by atoms with van der Waals surface area (Å²) in [6.45, 7) is 0.637. The first kappa shape index (κ1) is 19.3. The van der Waals surface area contributed by atoms with Crippen LogP contribution < -0.4 is 25.9 Å². The van der Waals surface area contributed by atoms with Gasteiger partial charge in [0.1, 0.15) is 23.9 Å². The lowest BCUT2D eigenvalue weighted by Gasteiger charge is -2.28. The smallest absolute Gasteiger partial charge is 0.256 e. The van der Waals surface area contributed by atoms with E-state index in [1.165, 1.54) is 27.6 Å². The molecular weight excluding hydrogens is 415 g/mol. The predicted molar refractivity (Wildman–Crippen MR) is 139 cm³/mol. The van der Waals surface area contributed by atoms with Crippen molar-refractivity contribution in [3.63, 3.8) is 0 Å². The van der Waals surface area contributed by atoms with Crippen LogP contribution in [0.15, 0.2) is 115 Å². The Labute approximate surface area is 199 Å². The molecule has 0 spiro atoms. The second-order valence-electron chi connectivity index (χ2n) is 8.86. The van der Waals surface area contributed by atoms with Gasteiger partial charge in [0.05, 0.1) is 0 Å². The maximum atomic E-state index is 6.52. The average Bonchev–Trinajstić information content (AvgIpc) is 3.07. The van der Waals surface area contributed by atoms with Gasteiger partial charge in [0.15, 0.2) is 0 Å². The molecule has 0 amide bonds. The SMILES string of the molecule is c1ccc(-c2ccccc2-c2cc3c4c(c2)Oc2ccccc2B4c2ccccc2CO3)cc1. The Morgan fingerprint density at radius 3 is 2.03 bits per heavy atom. The highest BCUT2D eigenvalue weighted by Gasteiger charge is 2.38. The van der Waals surface area contributed by atoms with E-state index in [9.17, 15) is 0 Å². The zero-order valence-corrected chi connectivity index (χ0v) is 18.6. The van der Waals surface area contributed by atoms with Gasteiger partial charge >= 0.3 is 0 Å². The number of hydrogen-bond donors (Lipinski definition) is 0. The monoisotopic (exact) mass is 436 g/mol. The molecule has 2 aliphatic heterocycles. The number of rotatable bonds is 2. The molecule has 0 fully saturated rings. The molecule has 0 radical (unpaired) electrons. The van der Waals surface area contributed by atoms with Crippen molar-refractivity contribution >= 4 is 23.1 Å². The molecule has 2 heterocycles. The van der Waals surface area contributed by atoms with Crippen LogP contribution in [0.1, 0.15) is 5.56 Å². The third-order valence-electron chi connectivity index (χ3n) is 6.91. The minimum Gasteiger partial charge on any atom is -0.489 e. The van der Waals surface area contributed by atoms with E-state index < -0.39 is 0 Å². The molecule has 7 rings (SSSR count). The van der Waals surface area contributed by atoms with Gasteiger partial charge in [0.2, 0.25) is 0 Å². The quantitative estimate of drug-likeness (QED) is 0.332. The third-order valence-corrected chi connectivity index (χ3v) is 6.91. The second kappa shape index (κ2) is 7.67. The van der Waals surface area contributed by atoms with Gasteiger partial charge in [-0.25, -0.2) is 0 Å². The molecule has 0 unspecified atom stereocenters. The highest BCUT2D eigenvalue weighted by molar-refractivity contribution is 6.97. The van der Waals surface area contributed by atoms with Gasteiger partial charge in [-0.05, 0) is 51.5 Å². The van der Waals surface area contributed by atoms with Gasteiger partial charge in [-0.1, -0.05) is 103 Å². The molecule has 2 nitrogen and oxygen atoms in total. The van der Waals surface area contributed by atoms with Crippen LogP contribution in [-0.2, 0) is 6.61 Å². The van der Waals surface area contributed by atoms with Crippen LogP contribution in [0.3, 0.4) is 0 Å². The minimum absolute atomic E-state index is 0.0899. The van der Waals surface area contributed by atoms with Crippen LogP contribution in [0, 0.1) is 0 Å². The maximum Gasteiger partial charge on any atom is 0.256 e. The van der Waals surface area contributed by atoms with Crippen molar-refractivity contribution in [2.75, 3.05) is 0 Å². The molecule has 0 bridgehead atoms. The van der Waals surface area contributed by atoms with Crippen LogP contribution in [-0.4, -0.2) is 6.71 Å². The van der Waals surface area contributed by atoms with E-state index in [1.54, 1.807) is 0 Å². The Balaban J connectivity index is 1.47. The molecule has 0 saturated carbocycles. The van der Waals surface area contributed by atoms with E-state index >= 15 is 0 Å². The molecule has 0 atom stereocenters. The normalized spacial score (nSPS) is 13.0. The molecule has 0 N–H and O–H groups in total. The molecule has 5 aromatic rings. The Bertz CT molecular complexity index is 1540. The van der Waals surface area contributed by atoms with Crippen LogP contribution in [0.2, 0.25) is 0 Å². The number of fused-ring (bicyclic) bond motifs is 4. The standard InChI is InChI=1S/C31H21BO2/c1-2-10-21(11-3-1)24-13-5-6-14-25(24)23-18-29-31-30(19-23)34-28-17-9-8-16-27(28)32(31)26-15-7-4-12-22(26)20-33-29/h1-19H,20H2. The summed E-state index contributed by atoms with van der Waals surface area (Å²) in [7, 11) is 0. The van der Waals surface area contributed by atoms with Crippen molar-refractivity contribution in [1.29, 1.82) is 0 Å². The van der Waals surface area contributed by atoms with E-state index in [0.29, 0.717) is 6.61 Å². The van der Waals surface area contributed by atoms with Gasteiger partial charge in [-0.15, -0.1) is 0 Å². The average molecular weight is 436 g/mol. The second-order valence-corrected chi connectivity index (χ2v) is 8.86. The third kappa shape index (κ3) is 2.98. The molecule has 160 valence electrons. The largest absolute Gasteiger partial charge is 0.489 e. The van der Waals surface area contributed by atoms with Crippen molar-refractivity contribution < 1.29 is 9.47 Å². The van der Waals surface area contributed by atoms with Crippen molar-refractivity contribution in [3.8, 4) is 39.5 Å². The van der Waals surface area contributed by atoms with Gasteiger partial charge in [-0.2, -0.15) is 0 Å². The summed E-state index contributed by atoms with van der Waals surface area (Å²) < 4.78 is 13.0. The van der Waals surface area contributed by atoms with Crippen LogP contribution >= 0.6 is 0 Å². The van der Waals surface area contributed by atoms with Crippen LogP contribution in [0.5, 0.6) is 17.2 Å². The first-order chi connectivity index (χ1) is 16.9. The molecule has 3 heteroatoms. The van der Waals surface area contributed by atoms with Crippen LogP contribution in [0.4, 0.5) is 0 Å². The molecule has 0 saturated heterocycles. The molecule has 5 aromatic carbocycles. The lowest BCUT2D eigenvalue weighted by atomic mass is 9.35. The topological polar surface area (TPSA) is 18.5 Å². The zero-order valence-electron chi connectivity index (χ0n) is 18.6. The summed E-state index contributed by atoms with van der Waals surface area (Å²) in [5, 5.41) is 0. The molecule has 2 aliphatic rings. The Morgan fingerprint density at radius 2 is 1.18 bits per heavy atom. The molecule has 0 aromatic heterocycles. The van der Waals surface area contributed by atoms with Gasteiger partial charge in [0, 0.05) is 5.46 Å². The van der Waals surface area contributed by atoms with Gasteiger partial charge in [0.25, 0.3) is 6.71 Å². The van der Waals surface area contributed by atoms with E-state index in [2.05, 4.69) is 109 Å². The number of hydrogen-bond acceptors (Lipinski definition) is 2. The maximum absolute atomic E-state index is 6.52. The number of benzene rings is 5. The summed E-state index contributed by atoms with van der Waals surface area (Å²) in [6.07, 6.45) is 0. The fourth-order valence-electron chi connectivity index (χ4n) is 5.36. The lowest BCUT2D eigenvalue weighted by molar-refractivity contribution is 0.310. The fourth-order valence-corrected chi connectivity index (χ4v) is 5.36. The lowest BCUT2D eigenvalue weighted by Crippen LogP contribution is -2.55. The van der Waals surface area contributed by atoms with Crippen LogP contribution in [0.25, 0.3) is 22.3 Å². The first-order valence-corrected chi connectivity index (χ1v) is 11.7. The van der Waals surface area contributed by atoms with Gasteiger partial charge in [-0.3, -0.25) is 0 Å². The predicted octanol–water partition coefficient (Wildman–Crippen LogP) is 5.53. The van der Waals surface area contributed by atoms with Crippen molar-refractivity contribution in [2.45, 2.75) is 6.61 Å². The van der Waals surface area contributed by atoms with Crippen molar-refractivity contribution in [1.82, 2.24) is 0 Å². The number of ether oxygens (including phenoxy) is 2. The van der Waals surface area contributed by atoms with E-state index in [4.69, 9.17) is 9.47 Å². The van der Waals surface area contributed by atoms with Crippen molar-refractivity contribution in [3.05, 3.63) is 121 Å². The van der Waals surface area contributed by atoms with Gasteiger partial charge < -0.3 is 9.47 Å². The minimum atomic E-state index is 0.0899. The Hall–Kier alpha value is -4.24. The fraction of sp³-hybridized carbons (Fsp3) is 0.0323. The summed E-state index contributed by atoms with van der Waals surface area (Å²) in [5.74, 6) is 2.68. The van der Waals surface area contributed by atoms with E-state index in [0.717, 1.165) is 33.8 Å². The number of para-hydroxylation sites is 1. The highest BCUT2D eigenvalue weighted by Crippen LogP contribution is 2.38. The zero-order chi connectivity index (χ0) is 22.5. The van der Waals surface area contributed by atoms with Crippen molar-refractivity contribution in [2.24, 2.45) is 0 Å². The summed E-state index contributed by atoms with van der Waals surface area (Å²) in [5.41, 5.74) is 9.46. The Kier molecular flexibility index (Phi) is 4.34. The summed E-state index contributed by atoms with van der Waals surface area (Å²) >= 11 is 0. The summed E-state index contributed by atoms with van der Waals surface area (Å²) in [6, 6.07) is 40.4. The highest BCUT2D eigenvalue weighted by atomic mass is 16.5. The van der Waals surface area contributed by atoms with E-state index in [1.807, 2.05) is 6.07 Å². The molecule has 0 aliphatic carbocycles. The van der Waals surface area contributed by atoms with E-state index in [-0.39, 0.29) is 6.71 Å². The summed E-state index contributed by atoms with van der Waals surface area (Å²) in [4.78, 5) is 0. The Morgan fingerprint density at radius 1 is 0.529 bits per heavy atom. The molecular formula is C31H21BO2. The first-order valence-electron chi connectivity index (χ1n) is 11.7.